The topological polar surface area (TPSA) is 47.8 Å². The van der Waals surface area contributed by atoms with Crippen LogP contribution in [0.15, 0.2) is 41.8 Å². The monoisotopic (exact) mass is 327 g/mol. The highest BCUT2D eigenvalue weighted by atomic mass is 127. The highest BCUT2D eigenvalue weighted by molar-refractivity contribution is 14.1. The van der Waals surface area contributed by atoms with Gasteiger partial charge in [0.2, 0.25) is 0 Å². The minimum absolute atomic E-state index is 0.0182. The van der Waals surface area contributed by atoms with Crippen molar-refractivity contribution in [2.75, 3.05) is 0 Å². The van der Waals surface area contributed by atoms with Crippen molar-refractivity contribution in [3.63, 3.8) is 0 Å². The zero-order chi connectivity index (χ0) is 11.4. The van der Waals surface area contributed by atoms with Crippen LogP contribution in [-0.4, -0.2) is 14.5 Å². The molecule has 82 valence electrons. The van der Waals surface area contributed by atoms with Crippen molar-refractivity contribution in [2.24, 2.45) is 0 Å². The predicted octanol–water partition coefficient (Wildman–Crippen LogP) is 1.49. The molecule has 0 amide bonds. The Morgan fingerprint density at radius 3 is 2.75 bits per heavy atom. The van der Waals surface area contributed by atoms with Crippen LogP contribution < -0.4 is 5.56 Å². The molecule has 0 radical (unpaired) electrons. The Balaban J connectivity index is 2.11. The molecule has 0 aromatic carbocycles. The van der Waals surface area contributed by atoms with Crippen molar-refractivity contribution in [3.8, 4) is 0 Å². The molecule has 0 bridgehead atoms. The molecule has 0 spiro atoms. The minimum atomic E-state index is 0.0182. The fraction of sp³-hybridized carbons (Fsp3) is 0.182. The molecule has 0 aliphatic carbocycles. The van der Waals surface area contributed by atoms with Gasteiger partial charge in [0, 0.05) is 25.1 Å². The first-order valence-electron chi connectivity index (χ1n) is 4.86. The fourth-order valence-electron chi connectivity index (χ4n) is 1.38. The fourth-order valence-corrected chi connectivity index (χ4v) is 1.85. The summed E-state index contributed by atoms with van der Waals surface area (Å²) in [6.45, 7) is 0.646. The van der Waals surface area contributed by atoms with E-state index in [4.69, 9.17) is 0 Å². The van der Waals surface area contributed by atoms with Crippen LogP contribution in [0.2, 0.25) is 0 Å². The minimum Gasteiger partial charge on any atom is -0.298 e. The molecule has 0 aliphatic heterocycles. The normalized spacial score (nSPS) is 10.3. The average Bonchev–Trinajstić information content (AvgIpc) is 2.32. The maximum Gasteiger partial charge on any atom is 0.266 e. The van der Waals surface area contributed by atoms with Crippen LogP contribution in [0.25, 0.3) is 0 Å². The van der Waals surface area contributed by atoms with Gasteiger partial charge in [0.15, 0.2) is 0 Å². The van der Waals surface area contributed by atoms with E-state index in [2.05, 4.69) is 9.97 Å². The van der Waals surface area contributed by atoms with Gasteiger partial charge in [-0.05, 0) is 46.7 Å². The predicted molar refractivity (Wildman–Crippen MR) is 69.2 cm³/mol. The summed E-state index contributed by atoms with van der Waals surface area (Å²) < 4.78 is 2.28. The van der Waals surface area contributed by atoms with Crippen LogP contribution in [0.4, 0.5) is 0 Å². The molecular formula is C11H10IN3O. The molecule has 4 nitrogen and oxygen atoms in total. The largest absolute Gasteiger partial charge is 0.298 e. The molecule has 0 unspecified atom stereocenters. The van der Waals surface area contributed by atoms with Crippen molar-refractivity contribution in [2.45, 2.75) is 13.0 Å². The second kappa shape index (κ2) is 5.20. The number of aryl methyl sites for hydroxylation is 2. The zero-order valence-corrected chi connectivity index (χ0v) is 10.7. The van der Waals surface area contributed by atoms with Crippen LogP contribution in [0.3, 0.4) is 0 Å². The maximum absolute atomic E-state index is 11.7. The summed E-state index contributed by atoms with van der Waals surface area (Å²) in [7, 11) is 0. The summed E-state index contributed by atoms with van der Waals surface area (Å²) in [5.74, 6) is 0. The van der Waals surface area contributed by atoms with E-state index >= 15 is 0 Å². The number of aromatic nitrogens is 3. The number of halogens is 1. The first-order chi connectivity index (χ1) is 7.77. The van der Waals surface area contributed by atoms with E-state index in [1.165, 1.54) is 5.56 Å². The van der Waals surface area contributed by atoms with Crippen LogP contribution in [-0.2, 0) is 13.0 Å². The Morgan fingerprint density at radius 1 is 1.25 bits per heavy atom. The number of nitrogens with zero attached hydrogens (tertiary/aromatic N) is 3. The van der Waals surface area contributed by atoms with Gasteiger partial charge in [0.1, 0.15) is 0 Å². The van der Waals surface area contributed by atoms with Gasteiger partial charge >= 0.3 is 0 Å². The first-order valence-corrected chi connectivity index (χ1v) is 5.94. The zero-order valence-electron chi connectivity index (χ0n) is 8.51. The van der Waals surface area contributed by atoms with E-state index < -0.39 is 0 Å². The molecule has 2 heterocycles. The molecule has 2 aromatic heterocycles. The van der Waals surface area contributed by atoms with E-state index in [9.17, 15) is 4.79 Å². The average molecular weight is 327 g/mol. The Bertz CT molecular complexity index is 524. The lowest BCUT2D eigenvalue weighted by Crippen LogP contribution is -2.23. The third-order valence-electron chi connectivity index (χ3n) is 2.25. The number of pyridine rings is 1. The van der Waals surface area contributed by atoms with Crippen molar-refractivity contribution >= 4 is 22.6 Å². The third kappa shape index (κ3) is 2.66. The van der Waals surface area contributed by atoms with E-state index in [0.29, 0.717) is 10.1 Å². The summed E-state index contributed by atoms with van der Waals surface area (Å²) in [6.07, 6.45) is 7.47. The van der Waals surface area contributed by atoms with Gasteiger partial charge in [-0.25, -0.2) is 4.98 Å². The molecule has 16 heavy (non-hydrogen) atoms. The van der Waals surface area contributed by atoms with Gasteiger partial charge < -0.3 is 0 Å². The highest BCUT2D eigenvalue weighted by Crippen LogP contribution is 1.99. The third-order valence-corrected chi connectivity index (χ3v) is 2.99. The Morgan fingerprint density at radius 2 is 2.00 bits per heavy atom. The summed E-state index contributed by atoms with van der Waals surface area (Å²) in [5.41, 5.74) is 1.19. The molecule has 0 fully saturated rings. The van der Waals surface area contributed by atoms with Crippen molar-refractivity contribution in [1.82, 2.24) is 14.5 Å². The molecule has 0 atom stereocenters. The van der Waals surface area contributed by atoms with Crippen molar-refractivity contribution < 1.29 is 0 Å². The number of hydrogen-bond donors (Lipinski definition) is 0. The lowest BCUT2D eigenvalue weighted by Gasteiger charge is -2.04. The summed E-state index contributed by atoms with van der Waals surface area (Å²) in [5, 5.41) is 0. The van der Waals surface area contributed by atoms with Crippen molar-refractivity contribution in [1.29, 1.82) is 0 Å². The lowest BCUT2D eigenvalue weighted by atomic mass is 10.2. The van der Waals surface area contributed by atoms with Gasteiger partial charge in [0.05, 0.1) is 9.90 Å². The standard InChI is InChI=1S/C11H10IN3O/c12-10-7-14-8-15(11(10)16)6-3-9-1-4-13-5-2-9/h1-2,4-5,7-8H,3,6H2. The Kier molecular flexibility index (Phi) is 3.66. The first kappa shape index (κ1) is 11.3. The van der Waals surface area contributed by atoms with Crippen LogP contribution in [0, 0.1) is 3.57 Å². The molecule has 5 heteroatoms. The summed E-state index contributed by atoms with van der Waals surface area (Å²) >= 11 is 2.00. The van der Waals surface area contributed by atoms with E-state index in [1.54, 1.807) is 29.5 Å². The summed E-state index contributed by atoms with van der Waals surface area (Å²) in [4.78, 5) is 19.6. The van der Waals surface area contributed by atoms with E-state index in [1.807, 2.05) is 34.7 Å². The van der Waals surface area contributed by atoms with Crippen LogP contribution >= 0.6 is 22.6 Å². The Labute approximate surface area is 107 Å². The van der Waals surface area contributed by atoms with E-state index in [-0.39, 0.29) is 5.56 Å². The van der Waals surface area contributed by atoms with Crippen LogP contribution in [0.5, 0.6) is 0 Å². The Hall–Kier alpha value is -1.24. The molecule has 0 saturated carbocycles. The lowest BCUT2D eigenvalue weighted by molar-refractivity contribution is 0.650. The van der Waals surface area contributed by atoms with Gasteiger partial charge in [-0.15, -0.1) is 0 Å². The highest BCUT2D eigenvalue weighted by Gasteiger charge is 2.00. The second-order valence-electron chi connectivity index (χ2n) is 3.35. The molecule has 0 saturated heterocycles. The van der Waals surface area contributed by atoms with Crippen molar-refractivity contribution in [3.05, 3.63) is 56.5 Å². The smallest absolute Gasteiger partial charge is 0.266 e. The van der Waals surface area contributed by atoms with Gasteiger partial charge in [-0.1, -0.05) is 0 Å². The molecule has 2 rings (SSSR count). The molecule has 2 aromatic rings. The second-order valence-corrected chi connectivity index (χ2v) is 4.51. The molecule has 0 N–H and O–H groups in total. The van der Waals surface area contributed by atoms with Gasteiger partial charge in [-0.2, -0.15) is 0 Å². The quantitative estimate of drug-likeness (QED) is 0.803. The van der Waals surface area contributed by atoms with E-state index in [0.717, 1.165) is 6.42 Å². The van der Waals surface area contributed by atoms with Gasteiger partial charge in [-0.3, -0.25) is 14.3 Å². The molecular weight excluding hydrogens is 317 g/mol. The van der Waals surface area contributed by atoms with Crippen LogP contribution in [0.1, 0.15) is 5.56 Å². The summed E-state index contributed by atoms with van der Waals surface area (Å²) in [6, 6.07) is 3.90. The number of hydrogen-bond acceptors (Lipinski definition) is 3. The SMILES string of the molecule is O=c1c(I)cncn1CCc1ccncc1. The maximum atomic E-state index is 11.7. The molecule has 0 aliphatic rings. The number of rotatable bonds is 3. The van der Waals surface area contributed by atoms with Gasteiger partial charge in [0.25, 0.3) is 5.56 Å².